The number of amides is 2. The zero-order valence-corrected chi connectivity index (χ0v) is 15.8. The summed E-state index contributed by atoms with van der Waals surface area (Å²) in [6, 6.07) is 5.72. The van der Waals surface area contributed by atoms with Gasteiger partial charge in [-0.15, -0.1) is 0 Å². The van der Waals surface area contributed by atoms with Crippen LogP contribution in [0.25, 0.3) is 5.57 Å². The van der Waals surface area contributed by atoms with E-state index in [9.17, 15) is 19.7 Å². The van der Waals surface area contributed by atoms with Gasteiger partial charge in [0.05, 0.1) is 23.7 Å². The Morgan fingerprint density at radius 2 is 1.82 bits per heavy atom. The molecular formula is C19H23N3O6. The van der Waals surface area contributed by atoms with Gasteiger partial charge in [-0.05, 0) is 31.0 Å². The van der Waals surface area contributed by atoms with Crippen LogP contribution in [0.15, 0.2) is 30.0 Å². The first-order chi connectivity index (χ1) is 13.5. The van der Waals surface area contributed by atoms with Crippen molar-refractivity contribution in [3.05, 3.63) is 45.6 Å². The number of imide groups is 1. The van der Waals surface area contributed by atoms with E-state index in [2.05, 4.69) is 0 Å². The van der Waals surface area contributed by atoms with Crippen LogP contribution in [-0.2, 0) is 19.1 Å². The van der Waals surface area contributed by atoms with E-state index in [1.54, 1.807) is 0 Å². The van der Waals surface area contributed by atoms with Gasteiger partial charge >= 0.3 is 0 Å². The number of non-ortho nitro benzene ring substituents is 1. The van der Waals surface area contributed by atoms with Crippen LogP contribution in [0.2, 0.25) is 0 Å². The number of nitrogens with zero attached hydrogens (tertiary/aromatic N) is 3. The average Bonchev–Trinajstić information content (AvgIpc) is 2.96. The first kappa shape index (κ1) is 20.0. The van der Waals surface area contributed by atoms with Gasteiger partial charge in [-0.3, -0.25) is 24.6 Å². The van der Waals surface area contributed by atoms with Crippen molar-refractivity contribution >= 4 is 23.1 Å². The molecule has 0 bridgehead atoms. The third-order valence-corrected chi connectivity index (χ3v) is 4.71. The van der Waals surface area contributed by atoms with Crippen LogP contribution in [0.4, 0.5) is 5.69 Å². The fourth-order valence-corrected chi connectivity index (χ4v) is 3.33. The molecule has 2 aliphatic heterocycles. The summed E-state index contributed by atoms with van der Waals surface area (Å²) < 4.78 is 10.7. The summed E-state index contributed by atoms with van der Waals surface area (Å²) in [5.41, 5.74) is 1.07. The Balaban J connectivity index is 1.92. The molecular weight excluding hydrogens is 366 g/mol. The lowest BCUT2D eigenvalue weighted by Crippen LogP contribution is -2.40. The summed E-state index contributed by atoms with van der Waals surface area (Å²) in [6.07, 6.45) is 0.551. The number of ether oxygens (including phenoxy) is 2. The highest BCUT2D eigenvalue weighted by molar-refractivity contribution is 6.35. The summed E-state index contributed by atoms with van der Waals surface area (Å²) in [4.78, 5) is 39.6. The Bertz CT molecular complexity index is 783. The van der Waals surface area contributed by atoms with Gasteiger partial charge in [0.2, 0.25) is 0 Å². The van der Waals surface area contributed by atoms with E-state index in [0.717, 1.165) is 0 Å². The third kappa shape index (κ3) is 4.05. The fourth-order valence-electron chi connectivity index (χ4n) is 3.33. The highest BCUT2D eigenvalue weighted by Crippen LogP contribution is 2.32. The monoisotopic (exact) mass is 389 g/mol. The van der Waals surface area contributed by atoms with Crippen LogP contribution >= 0.6 is 0 Å². The second kappa shape index (κ2) is 8.94. The predicted molar refractivity (Wildman–Crippen MR) is 100 cm³/mol. The first-order valence-corrected chi connectivity index (χ1v) is 9.30. The van der Waals surface area contributed by atoms with Gasteiger partial charge in [-0.1, -0.05) is 0 Å². The molecule has 1 fully saturated rings. The van der Waals surface area contributed by atoms with Gasteiger partial charge in [0.15, 0.2) is 0 Å². The molecule has 150 valence electrons. The lowest BCUT2D eigenvalue weighted by molar-refractivity contribution is -0.384. The maximum atomic E-state index is 13.1. The molecule has 1 saturated heterocycles. The van der Waals surface area contributed by atoms with Crippen molar-refractivity contribution in [2.45, 2.75) is 13.3 Å². The van der Waals surface area contributed by atoms with Gasteiger partial charge in [-0.25, -0.2) is 0 Å². The minimum atomic E-state index is -0.497. The smallest absolute Gasteiger partial charge is 0.277 e. The van der Waals surface area contributed by atoms with E-state index in [1.807, 2.05) is 11.8 Å². The van der Waals surface area contributed by atoms with Crippen molar-refractivity contribution in [2.75, 3.05) is 46.1 Å². The largest absolute Gasteiger partial charge is 0.382 e. The van der Waals surface area contributed by atoms with Gasteiger partial charge in [-0.2, -0.15) is 0 Å². The molecule has 0 aliphatic carbocycles. The lowest BCUT2D eigenvalue weighted by atomic mass is 10.0. The summed E-state index contributed by atoms with van der Waals surface area (Å²) in [6.45, 7) is 5.17. The quantitative estimate of drug-likeness (QED) is 0.287. The van der Waals surface area contributed by atoms with Crippen molar-refractivity contribution in [3.8, 4) is 0 Å². The maximum absolute atomic E-state index is 13.1. The van der Waals surface area contributed by atoms with Crippen LogP contribution in [0.1, 0.15) is 18.9 Å². The molecule has 0 saturated carbocycles. The fraction of sp³-hybridized carbons (Fsp3) is 0.474. The third-order valence-electron chi connectivity index (χ3n) is 4.71. The Kier molecular flexibility index (Phi) is 6.37. The van der Waals surface area contributed by atoms with Crippen LogP contribution in [0.3, 0.4) is 0 Å². The lowest BCUT2D eigenvalue weighted by Gasteiger charge is -2.29. The van der Waals surface area contributed by atoms with Crippen molar-refractivity contribution in [3.63, 3.8) is 0 Å². The molecule has 2 amide bonds. The van der Waals surface area contributed by atoms with Crippen molar-refractivity contribution < 1.29 is 24.0 Å². The van der Waals surface area contributed by atoms with Crippen LogP contribution in [-0.4, -0.2) is 72.6 Å². The number of hydrogen-bond acceptors (Lipinski definition) is 7. The summed E-state index contributed by atoms with van der Waals surface area (Å²) in [5.74, 6) is -0.714. The zero-order valence-electron chi connectivity index (χ0n) is 15.8. The summed E-state index contributed by atoms with van der Waals surface area (Å²) >= 11 is 0. The highest BCUT2D eigenvalue weighted by atomic mass is 16.6. The number of morpholine rings is 1. The van der Waals surface area contributed by atoms with E-state index in [-0.39, 0.29) is 24.0 Å². The van der Waals surface area contributed by atoms with Gasteiger partial charge in [0.25, 0.3) is 17.5 Å². The van der Waals surface area contributed by atoms with E-state index in [4.69, 9.17) is 9.47 Å². The Hall–Kier alpha value is -2.78. The van der Waals surface area contributed by atoms with E-state index >= 15 is 0 Å². The number of benzene rings is 1. The molecule has 28 heavy (non-hydrogen) atoms. The minimum Gasteiger partial charge on any atom is -0.382 e. The number of carbonyl (C=O) groups excluding carboxylic acids is 2. The highest BCUT2D eigenvalue weighted by Gasteiger charge is 2.41. The molecule has 0 unspecified atom stereocenters. The Morgan fingerprint density at radius 3 is 2.43 bits per heavy atom. The van der Waals surface area contributed by atoms with E-state index < -0.39 is 4.92 Å². The molecule has 1 aromatic carbocycles. The van der Waals surface area contributed by atoms with Crippen LogP contribution < -0.4 is 0 Å². The normalized spacial score (nSPS) is 17.6. The van der Waals surface area contributed by atoms with Crippen molar-refractivity contribution in [2.24, 2.45) is 0 Å². The minimum absolute atomic E-state index is 0.0670. The summed E-state index contributed by atoms with van der Waals surface area (Å²) in [5, 5.41) is 10.9. The topological polar surface area (TPSA) is 102 Å². The molecule has 0 spiro atoms. The Labute approximate surface area is 162 Å². The standard InChI is InChI=1S/C19H23N3O6/c1-2-27-11-3-8-21-18(23)16(14-4-6-15(7-5-14)22(25)26)17(19(21)24)20-9-12-28-13-10-20/h4-7H,2-3,8-13H2,1H3. The molecule has 0 N–H and O–H groups in total. The number of rotatable bonds is 8. The van der Waals surface area contributed by atoms with Gasteiger partial charge < -0.3 is 14.4 Å². The van der Waals surface area contributed by atoms with E-state index in [1.165, 1.54) is 29.2 Å². The number of nitro benzene ring substituents is 1. The second-order valence-corrected chi connectivity index (χ2v) is 6.44. The molecule has 9 heteroatoms. The van der Waals surface area contributed by atoms with Crippen molar-refractivity contribution in [1.82, 2.24) is 9.80 Å². The summed E-state index contributed by atoms with van der Waals surface area (Å²) in [7, 11) is 0. The van der Waals surface area contributed by atoms with Crippen LogP contribution in [0, 0.1) is 10.1 Å². The molecule has 2 heterocycles. The molecule has 0 radical (unpaired) electrons. The number of nitro groups is 1. The van der Waals surface area contributed by atoms with Crippen molar-refractivity contribution in [1.29, 1.82) is 0 Å². The van der Waals surface area contributed by atoms with Gasteiger partial charge in [0.1, 0.15) is 5.70 Å². The zero-order chi connectivity index (χ0) is 20.1. The second-order valence-electron chi connectivity index (χ2n) is 6.44. The molecule has 0 aromatic heterocycles. The number of hydrogen-bond donors (Lipinski definition) is 0. The SMILES string of the molecule is CCOCCCN1C(=O)C(c2ccc([N+](=O)[O-])cc2)=C(N2CCOCC2)C1=O. The molecule has 2 aliphatic rings. The first-order valence-electron chi connectivity index (χ1n) is 9.30. The number of carbonyl (C=O) groups is 2. The maximum Gasteiger partial charge on any atom is 0.277 e. The van der Waals surface area contributed by atoms with E-state index in [0.29, 0.717) is 62.8 Å². The predicted octanol–water partition coefficient (Wildman–Crippen LogP) is 1.43. The van der Waals surface area contributed by atoms with Crippen LogP contribution in [0.5, 0.6) is 0 Å². The van der Waals surface area contributed by atoms with Gasteiger partial charge in [0, 0.05) is 45.0 Å². The molecule has 1 aromatic rings. The Morgan fingerprint density at radius 1 is 1.14 bits per heavy atom. The molecule has 0 atom stereocenters. The molecule has 3 rings (SSSR count). The average molecular weight is 389 g/mol. The molecule has 9 nitrogen and oxygen atoms in total.